The van der Waals surface area contributed by atoms with Gasteiger partial charge in [-0.3, -0.25) is 0 Å². The third-order valence-corrected chi connectivity index (χ3v) is 3.92. The number of aromatic nitrogens is 1. The van der Waals surface area contributed by atoms with E-state index in [9.17, 15) is 0 Å². The normalized spacial score (nSPS) is 16.1. The Balaban J connectivity index is 1.97. The van der Waals surface area contributed by atoms with Gasteiger partial charge in [0.1, 0.15) is 11.9 Å². The summed E-state index contributed by atoms with van der Waals surface area (Å²) in [5.74, 6) is 2.18. The molecular weight excluding hydrogens is 288 g/mol. The Kier molecular flexibility index (Phi) is 4.17. The summed E-state index contributed by atoms with van der Waals surface area (Å²) in [5, 5.41) is 4.02. The molecule has 1 aromatic heterocycles. The summed E-state index contributed by atoms with van der Waals surface area (Å²) in [7, 11) is 0. The van der Waals surface area contributed by atoms with Crippen LogP contribution in [0.4, 0.5) is 0 Å². The fraction of sp³-hybridized carbons (Fsp3) is 0.438. The second-order valence-corrected chi connectivity index (χ2v) is 5.85. The first-order valence-corrected chi connectivity index (χ1v) is 7.61. The van der Waals surface area contributed by atoms with Crippen molar-refractivity contribution >= 4 is 11.6 Å². The van der Waals surface area contributed by atoms with Gasteiger partial charge in [0.15, 0.2) is 11.7 Å². The van der Waals surface area contributed by atoms with E-state index < -0.39 is 0 Å². The number of hydrogen-bond donors (Lipinski definition) is 1. The lowest BCUT2D eigenvalue weighted by Crippen LogP contribution is -2.34. The van der Waals surface area contributed by atoms with Gasteiger partial charge in [0.25, 0.3) is 0 Å². The molecule has 0 unspecified atom stereocenters. The van der Waals surface area contributed by atoms with Gasteiger partial charge in [0, 0.05) is 11.9 Å². The average Bonchev–Trinajstić information content (AvgIpc) is 2.89. The Labute approximate surface area is 129 Å². The topological polar surface area (TPSA) is 47.3 Å². The van der Waals surface area contributed by atoms with Crippen LogP contribution in [0.3, 0.4) is 0 Å². The van der Waals surface area contributed by atoms with Gasteiger partial charge >= 0.3 is 0 Å². The summed E-state index contributed by atoms with van der Waals surface area (Å²) in [6.07, 6.45) is 3.97. The fourth-order valence-corrected chi connectivity index (χ4v) is 2.91. The van der Waals surface area contributed by atoms with E-state index in [-0.39, 0.29) is 6.10 Å². The van der Waals surface area contributed by atoms with Crippen LogP contribution in [0, 0.1) is 13.8 Å². The van der Waals surface area contributed by atoms with Crippen LogP contribution >= 0.6 is 11.6 Å². The van der Waals surface area contributed by atoms with Crippen LogP contribution in [0.15, 0.2) is 22.7 Å². The van der Waals surface area contributed by atoms with Gasteiger partial charge in [0.05, 0.1) is 11.8 Å². The maximum Gasteiger partial charge on any atom is 0.191 e. The lowest BCUT2D eigenvalue weighted by molar-refractivity contribution is 0.162. The first-order valence-electron chi connectivity index (χ1n) is 7.24. The highest BCUT2D eigenvalue weighted by Gasteiger charge is 2.20. The second-order valence-electron chi connectivity index (χ2n) is 5.41. The minimum absolute atomic E-state index is 0.230. The summed E-state index contributed by atoms with van der Waals surface area (Å²) >= 11 is 6.19. The highest BCUT2D eigenvalue weighted by Crippen LogP contribution is 2.37. The van der Waals surface area contributed by atoms with Crippen molar-refractivity contribution in [2.24, 2.45) is 0 Å². The maximum atomic E-state index is 6.25. The van der Waals surface area contributed by atoms with Gasteiger partial charge in [-0.2, -0.15) is 0 Å². The van der Waals surface area contributed by atoms with Gasteiger partial charge < -0.3 is 14.5 Å². The molecule has 21 heavy (non-hydrogen) atoms. The van der Waals surface area contributed by atoms with Crippen LogP contribution in [0.25, 0.3) is 11.3 Å². The van der Waals surface area contributed by atoms with Gasteiger partial charge in [0.2, 0.25) is 0 Å². The molecule has 0 aliphatic carbocycles. The maximum absolute atomic E-state index is 6.25. The summed E-state index contributed by atoms with van der Waals surface area (Å²) in [4.78, 5) is 4.16. The first-order chi connectivity index (χ1) is 10.1. The number of rotatable bonds is 3. The monoisotopic (exact) mass is 306 g/mol. The SMILES string of the molecule is Cc1ncc(-c2cc(Cl)cc(C)c2OC2CCNCC2)o1. The molecule has 112 valence electrons. The van der Waals surface area contributed by atoms with Crippen LogP contribution in [0.2, 0.25) is 5.02 Å². The minimum Gasteiger partial charge on any atom is -0.489 e. The molecule has 0 atom stereocenters. The molecule has 0 bridgehead atoms. The number of oxazole rings is 1. The Morgan fingerprint density at radius 3 is 2.71 bits per heavy atom. The zero-order valence-electron chi connectivity index (χ0n) is 12.3. The average molecular weight is 307 g/mol. The van der Waals surface area contributed by atoms with Crippen molar-refractivity contribution in [1.29, 1.82) is 0 Å². The molecule has 1 aliphatic rings. The lowest BCUT2D eigenvalue weighted by atomic mass is 10.1. The van der Waals surface area contributed by atoms with Gasteiger partial charge in [-0.1, -0.05) is 11.6 Å². The number of aryl methyl sites for hydroxylation is 2. The quantitative estimate of drug-likeness (QED) is 0.938. The summed E-state index contributed by atoms with van der Waals surface area (Å²) in [6, 6.07) is 3.80. The van der Waals surface area contributed by atoms with Gasteiger partial charge in [-0.15, -0.1) is 0 Å². The molecule has 1 fully saturated rings. The predicted molar refractivity (Wildman–Crippen MR) is 82.9 cm³/mol. The molecule has 1 aliphatic heterocycles. The highest BCUT2D eigenvalue weighted by molar-refractivity contribution is 6.31. The van der Waals surface area contributed by atoms with E-state index in [1.54, 1.807) is 6.20 Å². The smallest absolute Gasteiger partial charge is 0.191 e. The Morgan fingerprint density at radius 2 is 2.05 bits per heavy atom. The number of benzene rings is 1. The molecule has 1 saturated heterocycles. The second kappa shape index (κ2) is 6.08. The van der Waals surface area contributed by atoms with E-state index in [2.05, 4.69) is 10.3 Å². The van der Waals surface area contributed by atoms with Crippen molar-refractivity contribution < 1.29 is 9.15 Å². The number of nitrogens with zero attached hydrogens (tertiary/aromatic N) is 1. The van der Waals surface area contributed by atoms with Crippen molar-refractivity contribution in [3.05, 3.63) is 34.8 Å². The molecule has 3 rings (SSSR count). The van der Waals surface area contributed by atoms with Gasteiger partial charge in [-0.25, -0.2) is 4.98 Å². The zero-order valence-corrected chi connectivity index (χ0v) is 13.0. The van der Waals surface area contributed by atoms with Crippen LogP contribution in [0.1, 0.15) is 24.3 Å². The van der Waals surface area contributed by atoms with Crippen molar-refractivity contribution in [2.45, 2.75) is 32.8 Å². The van der Waals surface area contributed by atoms with Crippen molar-refractivity contribution in [2.75, 3.05) is 13.1 Å². The van der Waals surface area contributed by atoms with Gasteiger partial charge in [-0.05, 0) is 50.6 Å². The highest BCUT2D eigenvalue weighted by atomic mass is 35.5. The van der Waals surface area contributed by atoms with Crippen LogP contribution in [0.5, 0.6) is 5.75 Å². The summed E-state index contributed by atoms with van der Waals surface area (Å²) < 4.78 is 11.9. The number of nitrogens with one attached hydrogen (secondary N) is 1. The number of ether oxygens (including phenoxy) is 1. The largest absolute Gasteiger partial charge is 0.489 e. The summed E-state index contributed by atoms with van der Waals surface area (Å²) in [6.45, 7) is 5.82. The molecule has 4 nitrogen and oxygen atoms in total. The molecule has 0 radical (unpaired) electrons. The third-order valence-electron chi connectivity index (χ3n) is 3.70. The van der Waals surface area contributed by atoms with Crippen molar-refractivity contribution in [3.63, 3.8) is 0 Å². The first kappa shape index (κ1) is 14.4. The number of halogens is 1. The Hall–Kier alpha value is -1.52. The van der Waals surface area contributed by atoms with E-state index >= 15 is 0 Å². The number of hydrogen-bond acceptors (Lipinski definition) is 4. The molecule has 2 heterocycles. The molecule has 0 spiro atoms. The molecule has 1 N–H and O–H groups in total. The van der Waals surface area contributed by atoms with E-state index in [4.69, 9.17) is 20.8 Å². The summed E-state index contributed by atoms with van der Waals surface area (Å²) in [5.41, 5.74) is 1.89. The van der Waals surface area contributed by atoms with E-state index in [0.29, 0.717) is 16.7 Å². The molecule has 0 saturated carbocycles. The minimum atomic E-state index is 0.230. The van der Waals surface area contributed by atoms with Crippen molar-refractivity contribution in [3.8, 4) is 17.1 Å². The Bertz CT molecular complexity index is 633. The predicted octanol–water partition coefficient (Wildman–Crippen LogP) is 3.74. The molecule has 0 amide bonds. The van der Waals surface area contributed by atoms with E-state index in [1.165, 1.54) is 0 Å². The van der Waals surface area contributed by atoms with Crippen LogP contribution < -0.4 is 10.1 Å². The van der Waals surface area contributed by atoms with Crippen LogP contribution in [-0.4, -0.2) is 24.2 Å². The van der Waals surface area contributed by atoms with Crippen molar-refractivity contribution in [1.82, 2.24) is 10.3 Å². The fourth-order valence-electron chi connectivity index (χ4n) is 2.64. The van der Waals surface area contributed by atoms with Crippen LogP contribution in [-0.2, 0) is 0 Å². The zero-order chi connectivity index (χ0) is 14.8. The third kappa shape index (κ3) is 3.22. The molecule has 1 aromatic carbocycles. The van der Waals surface area contributed by atoms with E-state index in [0.717, 1.165) is 42.8 Å². The van der Waals surface area contributed by atoms with E-state index in [1.807, 2.05) is 26.0 Å². The lowest BCUT2D eigenvalue weighted by Gasteiger charge is -2.25. The molecular formula is C16H19ClN2O2. The molecule has 2 aromatic rings. The standard InChI is InChI=1S/C16H19ClN2O2/c1-10-7-12(17)8-14(15-9-19-11(2)20-15)16(10)21-13-3-5-18-6-4-13/h7-9,13,18H,3-6H2,1-2H3. The molecule has 5 heteroatoms. The Morgan fingerprint density at radius 1 is 1.29 bits per heavy atom. The number of piperidine rings is 1.